The van der Waals surface area contributed by atoms with E-state index in [2.05, 4.69) is 5.32 Å². The fourth-order valence-electron chi connectivity index (χ4n) is 1.26. The van der Waals surface area contributed by atoms with Crippen LogP contribution in [0.2, 0.25) is 0 Å². The molecule has 1 atom stereocenters. The molecular formula is C12H17FN2O. The number of carbonyl (C=O) groups excluding carboxylic acids is 1. The Labute approximate surface area is 94.8 Å². The van der Waals surface area contributed by atoms with E-state index >= 15 is 0 Å². The summed E-state index contributed by atoms with van der Waals surface area (Å²) in [6.45, 7) is 4.07. The molecule has 3 nitrogen and oxygen atoms in total. The predicted molar refractivity (Wildman–Crippen MR) is 61.1 cm³/mol. The van der Waals surface area contributed by atoms with Crippen molar-refractivity contribution in [2.75, 3.05) is 0 Å². The largest absolute Gasteiger partial charge is 0.351 e. The molecule has 0 fully saturated rings. The Kier molecular flexibility index (Phi) is 4.43. The van der Waals surface area contributed by atoms with Gasteiger partial charge in [0.25, 0.3) is 0 Å². The lowest BCUT2D eigenvalue weighted by Gasteiger charge is -2.15. The highest BCUT2D eigenvalue weighted by atomic mass is 19.1. The van der Waals surface area contributed by atoms with Crippen molar-refractivity contribution in [2.45, 2.75) is 26.4 Å². The van der Waals surface area contributed by atoms with Crippen molar-refractivity contribution in [3.8, 4) is 0 Å². The van der Waals surface area contributed by atoms with E-state index < -0.39 is 6.04 Å². The molecule has 0 aromatic heterocycles. The lowest BCUT2D eigenvalue weighted by Crippen LogP contribution is -2.43. The molecule has 1 rings (SSSR count). The van der Waals surface area contributed by atoms with E-state index in [1.54, 1.807) is 12.1 Å². The van der Waals surface area contributed by atoms with Crippen LogP contribution in [0.25, 0.3) is 0 Å². The van der Waals surface area contributed by atoms with Crippen molar-refractivity contribution < 1.29 is 9.18 Å². The average molecular weight is 224 g/mol. The molecule has 0 radical (unpaired) electrons. The van der Waals surface area contributed by atoms with Gasteiger partial charge in [0.05, 0.1) is 6.04 Å². The van der Waals surface area contributed by atoms with E-state index in [4.69, 9.17) is 5.73 Å². The summed E-state index contributed by atoms with van der Waals surface area (Å²) in [5, 5.41) is 2.68. The molecule has 0 aliphatic rings. The molecule has 3 N–H and O–H groups in total. The maximum absolute atomic E-state index is 12.8. The van der Waals surface area contributed by atoms with Gasteiger partial charge in [0, 0.05) is 6.54 Å². The smallest absolute Gasteiger partial charge is 0.237 e. The topological polar surface area (TPSA) is 55.1 Å². The van der Waals surface area contributed by atoms with E-state index in [9.17, 15) is 9.18 Å². The fourth-order valence-corrected chi connectivity index (χ4v) is 1.26. The molecule has 0 aliphatic carbocycles. The van der Waals surface area contributed by atoms with Crippen LogP contribution in [0.1, 0.15) is 19.4 Å². The van der Waals surface area contributed by atoms with Gasteiger partial charge in [-0.1, -0.05) is 26.0 Å². The van der Waals surface area contributed by atoms with Crippen molar-refractivity contribution >= 4 is 5.91 Å². The first-order chi connectivity index (χ1) is 7.50. The second kappa shape index (κ2) is 5.61. The molecular weight excluding hydrogens is 207 g/mol. The van der Waals surface area contributed by atoms with Gasteiger partial charge < -0.3 is 11.1 Å². The Bertz CT molecular complexity index is 366. The van der Waals surface area contributed by atoms with E-state index in [1.807, 2.05) is 13.8 Å². The lowest BCUT2D eigenvalue weighted by atomic mass is 10.0. The first-order valence-corrected chi connectivity index (χ1v) is 5.28. The first-order valence-electron chi connectivity index (χ1n) is 5.28. The zero-order chi connectivity index (χ0) is 12.1. The predicted octanol–water partition coefficient (Wildman–Crippen LogP) is 1.43. The molecule has 16 heavy (non-hydrogen) atoms. The summed E-state index contributed by atoms with van der Waals surface area (Å²) in [4.78, 5) is 11.5. The quantitative estimate of drug-likeness (QED) is 0.812. The standard InChI is InChI=1S/C12H17FN2O/c1-8(2)11(14)12(16)15-7-9-4-3-5-10(13)6-9/h3-6,8,11H,7,14H2,1-2H3,(H,15,16)/t11-/m1/s1. The third-order valence-corrected chi connectivity index (χ3v) is 2.38. The number of benzene rings is 1. The Morgan fingerprint density at radius 2 is 2.19 bits per heavy atom. The Hall–Kier alpha value is -1.42. The van der Waals surface area contributed by atoms with Gasteiger partial charge in [-0.15, -0.1) is 0 Å². The van der Waals surface area contributed by atoms with Crippen LogP contribution in [-0.4, -0.2) is 11.9 Å². The Morgan fingerprint density at radius 3 is 2.75 bits per heavy atom. The SMILES string of the molecule is CC(C)[C@@H](N)C(=O)NCc1cccc(F)c1. The molecule has 88 valence electrons. The van der Waals surface area contributed by atoms with Gasteiger partial charge >= 0.3 is 0 Å². The van der Waals surface area contributed by atoms with Crippen LogP contribution in [0.5, 0.6) is 0 Å². The molecule has 1 amide bonds. The molecule has 0 aliphatic heterocycles. The summed E-state index contributed by atoms with van der Waals surface area (Å²) < 4.78 is 12.8. The number of nitrogens with two attached hydrogens (primary N) is 1. The summed E-state index contributed by atoms with van der Waals surface area (Å²) >= 11 is 0. The third kappa shape index (κ3) is 3.62. The molecule has 0 unspecified atom stereocenters. The molecule has 0 saturated carbocycles. The van der Waals surface area contributed by atoms with E-state index in [0.29, 0.717) is 6.54 Å². The number of hydrogen-bond acceptors (Lipinski definition) is 2. The number of rotatable bonds is 4. The lowest BCUT2D eigenvalue weighted by molar-refractivity contribution is -0.123. The Morgan fingerprint density at radius 1 is 1.50 bits per heavy atom. The van der Waals surface area contributed by atoms with Crippen molar-refractivity contribution in [1.29, 1.82) is 0 Å². The normalized spacial score (nSPS) is 12.6. The van der Waals surface area contributed by atoms with Crippen LogP contribution < -0.4 is 11.1 Å². The molecule has 1 aromatic carbocycles. The van der Waals surface area contributed by atoms with Crippen molar-refractivity contribution in [3.05, 3.63) is 35.6 Å². The van der Waals surface area contributed by atoms with Gasteiger partial charge in [-0.2, -0.15) is 0 Å². The molecule has 0 heterocycles. The highest BCUT2D eigenvalue weighted by molar-refractivity contribution is 5.81. The molecule has 0 saturated heterocycles. The van der Waals surface area contributed by atoms with Crippen LogP contribution in [0.4, 0.5) is 4.39 Å². The zero-order valence-corrected chi connectivity index (χ0v) is 9.53. The minimum atomic E-state index is -0.520. The highest BCUT2D eigenvalue weighted by Crippen LogP contribution is 2.03. The fraction of sp³-hybridized carbons (Fsp3) is 0.417. The minimum absolute atomic E-state index is 0.0903. The van der Waals surface area contributed by atoms with Crippen LogP contribution in [0.3, 0.4) is 0 Å². The van der Waals surface area contributed by atoms with Crippen molar-refractivity contribution in [2.24, 2.45) is 11.7 Å². The maximum atomic E-state index is 12.8. The summed E-state index contributed by atoms with van der Waals surface area (Å²) in [5.41, 5.74) is 6.39. The molecule has 0 bridgehead atoms. The summed E-state index contributed by atoms with van der Waals surface area (Å²) in [7, 11) is 0. The van der Waals surface area contributed by atoms with Gasteiger partial charge in [-0.3, -0.25) is 4.79 Å². The third-order valence-electron chi connectivity index (χ3n) is 2.38. The van der Waals surface area contributed by atoms with E-state index in [1.165, 1.54) is 12.1 Å². The van der Waals surface area contributed by atoms with Crippen LogP contribution >= 0.6 is 0 Å². The van der Waals surface area contributed by atoms with Crippen LogP contribution in [0.15, 0.2) is 24.3 Å². The van der Waals surface area contributed by atoms with Gasteiger partial charge in [-0.05, 0) is 23.6 Å². The minimum Gasteiger partial charge on any atom is -0.351 e. The first kappa shape index (κ1) is 12.6. The van der Waals surface area contributed by atoms with E-state index in [-0.39, 0.29) is 17.6 Å². The number of hydrogen-bond donors (Lipinski definition) is 2. The van der Waals surface area contributed by atoms with Gasteiger partial charge in [-0.25, -0.2) is 4.39 Å². The molecule has 0 spiro atoms. The monoisotopic (exact) mass is 224 g/mol. The number of carbonyl (C=O) groups is 1. The van der Waals surface area contributed by atoms with Crippen molar-refractivity contribution in [3.63, 3.8) is 0 Å². The second-order valence-electron chi connectivity index (χ2n) is 4.12. The summed E-state index contributed by atoms with van der Waals surface area (Å²) in [5.74, 6) is -0.424. The summed E-state index contributed by atoms with van der Waals surface area (Å²) in [6.07, 6.45) is 0. The van der Waals surface area contributed by atoms with Gasteiger partial charge in [0.15, 0.2) is 0 Å². The second-order valence-corrected chi connectivity index (χ2v) is 4.12. The molecule has 1 aromatic rings. The maximum Gasteiger partial charge on any atom is 0.237 e. The molecule has 4 heteroatoms. The number of amides is 1. The average Bonchev–Trinajstić information content (AvgIpc) is 2.24. The number of nitrogens with one attached hydrogen (secondary N) is 1. The highest BCUT2D eigenvalue weighted by Gasteiger charge is 2.16. The Balaban J connectivity index is 2.49. The van der Waals surface area contributed by atoms with Crippen LogP contribution in [-0.2, 0) is 11.3 Å². The zero-order valence-electron chi connectivity index (χ0n) is 9.53. The van der Waals surface area contributed by atoms with E-state index in [0.717, 1.165) is 5.56 Å². The van der Waals surface area contributed by atoms with Crippen LogP contribution in [0, 0.1) is 11.7 Å². The summed E-state index contributed by atoms with van der Waals surface area (Å²) in [6, 6.07) is 5.60. The van der Waals surface area contributed by atoms with Gasteiger partial charge in [0.1, 0.15) is 5.82 Å². The van der Waals surface area contributed by atoms with Gasteiger partial charge in [0.2, 0.25) is 5.91 Å². The van der Waals surface area contributed by atoms with Crippen molar-refractivity contribution in [1.82, 2.24) is 5.32 Å². The number of halogens is 1.